The third-order valence-electron chi connectivity index (χ3n) is 4.07. The number of nitrogens with zero attached hydrogens (tertiary/aromatic N) is 1. The molecule has 1 aliphatic heterocycles. The van der Waals surface area contributed by atoms with Crippen molar-refractivity contribution in [2.45, 2.75) is 39.2 Å². The van der Waals surface area contributed by atoms with Gasteiger partial charge in [-0.1, -0.05) is 20.3 Å². The molecule has 0 N–H and O–H groups in total. The topological polar surface area (TPSA) is 46.6 Å². The molecule has 1 saturated carbocycles. The van der Waals surface area contributed by atoms with Gasteiger partial charge in [-0.25, -0.2) is 0 Å². The predicted molar refractivity (Wildman–Crippen MR) is 58.6 cm³/mol. The van der Waals surface area contributed by atoms with Gasteiger partial charge < -0.3 is 4.74 Å². The SMILES string of the molecule is CCC1CCC(N2CC(=O)OC(=O)C2)C1C. The second-order valence-corrected chi connectivity index (χ2v) is 4.92. The highest BCUT2D eigenvalue weighted by Crippen LogP contribution is 2.37. The summed E-state index contributed by atoms with van der Waals surface area (Å²) in [4.78, 5) is 24.4. The van der Waals surface area contributed by atoms with Crippen LogP contribution in [0.25, 0.3) is 0 Å². The molecule has 4 nitrogen and oxygen atoms in total. The van der Waals surface area contributed by atoms with Crippen LogP contribution in [-0.4, -0.2) is 36.0 Å². The van der Waals surface area contributed by atoms with Crippen molar-refractivity contribution >= 4 is 11.9 Å². The standard InChI is InChI=1S/C12H19NO3/c1-3-9-4-5-10(8(9)2)13-6-11(14)16-12(15)7-13/h8-10H,3-7H2,1-2H3. The summed E-state index contributed by atoms with van der Waals surface area (Å²) in [6, 6.07) is 0.377. The molecule has 1 heterocycles. The summed E-state index contributed by atoms with van der Waals surface area (Å²) in [5, 5.41) is 0. The van der Waals surface area contributed by atoms with Gasteiger partial charge in [0.2, 0.25) is 0 Å². The lowest BCUT2D eigenvalue weighted by Crippen LogP contribution is -2.49. The van der Waals surface area contributed by atoms with Crippen LogP contribution in [0.3, 0.4) is 0 Å². The van der Waals surface area contributed by atoms with E-state index in [4.69, 9.17) is 0 Å². The lowest BCUT2D eigenvalue weighted by Gasteiger charge is -2.33. The van der Waals surface area contributed by atoms with Gasteiger partial charge in [-0.3, -0.25) is 14.5 Å². The number of morpholine rings is 1. The lowest BCUT2D eigenvalue weighted by atomic mass is 9.93. The van der Waals surface area contributed by atoms with Crippen LogP contribution in [0.5, 0.6) is 0 Å². The van der Waals surface area contributed by atoms with Crippen LogP contribution in [0, 0.1) is 11.8 Å². The summed E-state index contributed by atoms with van der Waals surface area (Å²) in [5.74, 6) is 0.508. The third-order valence-corrected chi connectivity index (χ3v) is 4.07. The smallest absolute Gasteiger partial charge is 0.327 e. The van der Waals surface area contributed by atoms with Crippen molar-refractivity contribution in [3.05, 3.63) is 0 Å². The molecule has 0 aromatic heterocycles. The molecule has 2 aliphatic rings. The van der Waals surface area contributed by atoms with Gasteiger partial charge in [0, 0.05) is 6.04 Å². The highest BCUT2D eigenvalue weighted by Gasteiger charge is 2.39. The molecule has 90 valence electrons. The zero-order valence-electron chi connectivity index (χ0n) is 9.94. The number of hydrogen-bond acceptors (Lipinski definition) is 4. The molecule has 0 amide bonds. The molecule has 0 bridgehead atoms. The van der Waals surface area contributed by atoms with E-state index in [1.54, 1.807) is 0 Å². The minimum Gasteiger partial charge on any atom is -0.391 e. The fourth-order valence-electron chi connectivity index (χ4n) is 3.13. The third kappa shape index (κ3) is 2.12. The Kier molecular flexibility index (Phi) is 3.28. The Hall–Kier alpha value is -0.900. The van der Waals surface area contributed by atoms with E-state index in [1.165, 1.54) is 12.8 Å². The minimum atomic E-state index is -0.400. The molecule has 0 spiro atoms. The number of carbonyl (C=O) groups excluding carboxylic acids is 2. The first-order valence-corrected chi connectivity index (χ1v) is 6.09. The number of carbonyl (C=O) groups is 2. The first kappa shape index (κ1) is 11.6. The van der Waals surface area contributed by atoms with Gasteiger partial charge in [-0.05, 0) is 24.7 Å². The van der Waals surface area contributed by atoms with Crippen molar-refractivity contribution in [1.29, 1.82) is 0 Å². The number of ether oxygens (including phenoxy) is 1. The van der Waals surface area contributed by atoms with Gasteiger partial charge >= 0.3 is 11.9 Å². The summed E-state index contributed by atoms with van der Waals surface area (Å²) < 4.78 is 4.54. The zero-order chi connectivity index (χ0) is 11.7. The lowest BCUT2D eigenvalue weighted by molar-refractivity contribution is -0.168. The molecule has 1 saturated heterocycles. The first-order valence-electron chi connectivity index (χ1n) is 6.09. The summed E-state index contributed by atoms with van der Waals surface area (Å²) >= 11 is 0. The van der Waals surface area contributed by atoms with Gasteiger partial charge in [0.05, 0.1) is 13.1 Å². The van der Waals surface area contributed by atoms with Crippen molar-refractivity contribution in [2.75, 3.05) is 13.1 Å². The van der Waals surface area contributed by atoms with E-state index >= 15 is 0 Å². The van der Waals surface area contributed by atoms with Crippen LogP contribution in [0.2, 0.25) is 0 Å². The van der Waals surface area contributed by atoms with Crippen LogP contribution in [0.15, 0.2) is 0 Å². The van der Waals surface area contributed by atoms with Crippen molar-refractivity contribution in [3.63, 3.8) is 0 Å². The van der Waals surface area contributed by atoms with E-state index in [1.807, 2.05) is 4.90 Å². The first-order chi connectivity index (χ1) is 7.61. The Morgan fingerprint density at radius 1 is 1.25 bits per heavy atom. The summed E-state index contributed by atoms with van der Waals surface area (Å²) in [6.07, 6.45) is 3.49. The van der Waals surface area contributed by atoms with Crippen LogP contribution in [0.1, 0.15) is 33.1 Å². The van der Waals surface area contributed by atoms with E-state index in [2.05, 4.69) is 18.6 Å². The van der Waals surface area contributed by atoms with Gasteiger partial charge in [0.1, 0.15) is 0 Å². The van der Waals surface area contributed by atoms with E-state index in [0.29, 0.717) is 12.0 Å². The zero-order valence-corrected chi connectivity index (χ0v) is 9.94. The minimum absolute atomic E-state index is 0.275. The van der Waals surface area contributed by atoms with Crippen molar-refractivity contribution in [1.82, 2.24) is 4.90 Å². The Bertz CT molecular complexity index is 287. The number of rotatable bonds is 2. The van der Waals surface area contributed by atoms with E-state index in [-0.39, 0.29) is 13.1 Å². The molecular formula is C12H19NO3. The second kappa shape index (κ2) is 4.53. The highest BCUT2D eigenvalue weighted by molar-refractivity contribution is 5.90. The fraction of sp³-hybridized carbons (Fsp3) is 0.833. The van der Waals surface area contributed by atoms with Crippen LogP contribution < -0.4 is 0 Å². The van der Waals surface area contributed by atoms with Gasteiger partial charge in [-0.15, -0.1) is 0 Å². The Morgan fingerprint density at radius 3 is 2.38 bits per heavy atom. The average molecular weight is 225 g/mol. The quantitative estimate of drug-likeness (QED) is 0.523. The molecule has 2 rings (SSSR count). The monoisotopic (exact) mass is 225 g/mol. The normalized spacial score (nSPS) is 36.5. The van der Waals surface area contributed by atoms with E-state index < -0.39 is 11.9 Å². The molecule has 2 fully saturated rings. The number of esters is 2. The largest absolute Gasteiger partial charge is 0.391 e. The van der Waals surface area contributed by atoms with Crippen LogP contribution >= 0.6 is 0 Å². The molecule has 3 atom stereocenters. The fourth-order valence-corrected chi connectivity index (χ4v) is 3.13. The average Bonchev–Trinajstić information content (AvgIpc) is 2.58. The molecular weight excluding hydrogens is 206 g/mol. The highest BCUT2D eigenvalue weighted by atomic mass is 16.6. The van der Waals surface area contributed by atoms with Crippen molar-refractivity contribution in [3.8, 4) is 0 Å². The summed E-state index contributed by atoms with van der Waals surface area (Å²) in [7, 11) is 0. The van der Waals surface area contributed by atoms with Gasteiger partial charge in [0.15, 0.2) is 0 Å². The van der Waals surface area contributed by atoms with Crippen molar-refractivity contribution < 1.29 is 14.3 Å². The molecule has 0 aromatic rings. The van der Waals surface area contributed by atoms with Crippen LogP contribution in [0.4, 0.5) is 0 Å². The molecule has 1 aliphatic carbocycles. The second-order valence-electron chi connectivity index (χ2n) is 4.92. The summed E-state index contributed by atoms with van der Waals surface area (Å²) in [5.41, 5.74) is 0. The van der Waals surface area contributed by atoms with E-state index in [9.17, 15) is 9.59 Å². The Balaban J connectivity index is 2.02. The Morgan fingerprint density at radius 2 is 1.88 bits per heavy atom. The summed E-state index contributed by atoms with van der Waals surface area (Å²) in [6.45, 7) is 4.99. The van der Waals surface area contributed by atoms with Crippen molar-refractivity contribution in [2.24, 2.45) is 11.8 Å². The Labute approximate surface area is 95.9 Å². The van der Waals surface area contributed by atoms with Crippen LogP contribution in [-0.2, 0) is 14.3 Å². The molecule has 4 heteroatoms. The van der Waals surface area contributed by atoms with E-state index in [0.717, 1.165) is 12.3 Å². The number of cyclic esters (lactones) is 2. The van der Waals surface area contributed by atoms with Gasteiger partial charge in [0.25, 0.3) is 0 Å². The molecule has 0 radical (unpaired) electrons. The molecule has 3 unspecified atom stereocenters. The molecule has 16 heavy (non-hydrogen) atoms. The molecule has 0 aromatic carbocycles. The predicted octanol–water partition coefficient (Wildman–Crippen LogP) is 1.20. The maximum atomic E-state index is 11.2. The maximum absolute atomic E-state index is 11.2. The van der Waals surface area contributed by atoms with Gasteiger partial charge in [-0.2, -0.15) is 0 Å². The number of hydrogen-bond donors (Lipinski definition) is 0. The maximum Gasteiger partial charge on any atom is 0.327 e.